The van der Waals surface area contributed by atoms with Crippen molar-refractivity contribution < 1.29 is 4.79 Å². The topological polar surface area (TPSA) is 64.6 Å². The van der Waals surface area contributed by atoms with E-state index in [1.165, 1.54) is 5.69 Å². The van der Waals surface area contributed by atoms with Gasteiger partial charge in [-0.05, 0) is 63.4 Å². The molecule has 1 aliphatic heterocycles. The van der Waals surface area contributed by atoms with Gasteiger partial charge >= 0.3 is 0 Å². The molecule has 2 heterocycles. The van der Waals surface area contributed by atoms with Crippen molar-refractivity contribution >= 4 is 17.5 Å². The molecular formula is C25H36N6O. The zero-order valence-corrected chi connectivity index (χ0v) is 19.7. The first kappa shape index (κ1) is 22.5. The Morgan fingerprint density at radius 1 is 1.12 bits per heavy atom. The number of likely N-dealkylation sites (N-methyl/N-ethyl adjacent to an activating group) is 1. The van der Waals surface area contributed by atoms with Crippen LogP contribution < -0.4 is 15.1 Å². The lowest BCUT2D eigenvalue weighted by Gasteiger charge is -2.34. The number of hydrogen-bond acceptors (Lipinski definition) is 6. The van der Waals surface area contributed by atoms with Crippen molar-refractivity contribution in [2.75, 3.05) is 56.1 Å². The third-order valence-corrected chi connectivity index (χ3v) is 6.83. The molecule has 0 spiro atoms. The number of carbonyl (C=O) groups excluding carboxylic acids is 1. The number of nitrogens with zero attached hydrogens (tertiary/aromatic N) is 5. The molecular weight excluding hydrogens is 400 g/mol. The van der Waals surface area contributed by atoms with E-state index in [1.54, 1.807) is 0 Å². The van der Waals surface area contributed by atoms with Gasteiger partial charge in [-0.15, -0.1) is 0 Å². The first-order valence-electron chi connectivity index (χ1n) is 12.0. The van der Waals surface area contributed by atoms with Gasteiger partial charge in [-0.3, -0.25) is 4.79 Å². The fourth-order valence-electron chi connectivity index (χ4n) is 4.60. The van der Waals surface area contributed by atoms with Crippen molar-refractivity contribution in [3.63, 3.8) is 0 Å². The number of benzene rings is 1. The number of aryl methyl sites for hydroxylation is 1. The summed E-state index contributed by atoms with van der Waals surface area (Å²) in [5.41, 5.74) is 4.62. The van der Waals surface area contributed by atoms with Gasteiger partial charge < -0.3 is 20.0 Å². The normalized spacial score (nSPS) is 18.8. The molecule has 2 aromatic rings. The molecule has 0 saturated carbocycles. The summed E-state index contributed by atoms with van der Waals surface area (Å²) in [6.07, 6.45) is 4.33. The van der Waals surface area contributed by atoms with Crippen molar-refractivity contribution in [1.82, 2.24) is 20.2 Å². The number of carbonyl (C=O) groups is 1. The highest BCUT2D eigenvalue weighted by molar-refractivity contribution is 5.79. The number of amides is 1. The first-order valence-corrected chi connectivity index (χ1v) is 12.0. The minimum Gasteiger partial charge on any atom is -0.369 e. The van der Waals surface area contributed by atoms with Gasteiger partial charge in [0.15, 0.2) is 0 Å². The SMILES string of the molecule is CCN(CC)c1ncc2c(n1)CC[C@H](C(=O)NCc1ccc(N3CCN(C)CC3)cc1)C2. The van der Waals surface area contributed by atoms with Crippen LogP contribution in [0.1, 0.15) is 37.1 Å². The third kappa shape index (κ3) is 5.21. The van der Waals surface area contributed by atoms with E-state index in [2.05, 4.69) is 70.2 Å². The van der Waals surface area contributed by atoms with E-state index in [1.807, 2.05) is 6.20 Å². The highest BCUT2D eigenvalue weighted by Gasteiger charge is 2.26. The van der Waals surface area contributed by atoms with E-state index >= 15 is 0 Å². The molecule has 1 N–H and O–H groups in total. The second-order valence-electron chi connectivity index (χ2n) is 8.93. The Balaban J connectivity index is 1.29. The van der Waals surface area contributed by atoms with Crippen LogP contribution in [-0.4, -0.2) is 67.1 Å². The molecule has 7 heteroatoms. The summed E-state index contributed by atoms with van der Waals surface area (Å²) in [5.74, 6) is 0.929. The van der Waals surface area contributed by atoms with Crippen molar-refractivity contribution in [2.45, 2.75) is 39.7 Å². The minimum atomic E-state index is -0.00461. The lowest BCUT2D eigenvalue weighted by atomic mass is 9.86. The van der Waals surface area contributed by atoms with Crippen molar-refractivity contribution in [2.24, 2.45) is 5.92 Å². The maximum absolute atomic E-state index is 12.8. The van der Waals surface area contributed by atoms with Crippen LogP contribution in [0.3, 0.4) is 0 Å². The number of aromatic nitrogens is 2. The summed E-state index contributed by atoms with van der Waals surface area (Å²) >= 11 is 0. The molecule has 1 aromatic carbocycles. The number of rotatable bonds is 7. The van der Waals surface area contributed by atoms with Crippen LogP contribution in [0.25, 0.3) is 0 Å². The Labute approximate surface area is 191 Å². The van der Waals surface area contributed by atoms with Gasteiger partial charge in [0.25, 0.3) is 0 Å². The maximum Gasteiger partial charge on any atom is 0.225 e. The molecule has 1 fully saturated rings. The van der Waals surface area contributed by atoms with Gasteiger partial charge in [-0.1, -0.05) is 12.1 Å². The smallest absolute Gasteiger partial charge is 0.225 e. The standard InChI is InChI=1S/C25H36N6O/c1-4-30(5-2)25-27-18-21-16-20(8-11-23(21)28-25)24(32)26-17-19-6-9-22(10-7-19)31-14-12-29(3)13-15-31/h6-7,9-10,18,20H,4-5,8,11-17H2,1-3H3,(H,26,32)/t20-/m0/s1. The van der Waals surface area contributed by atoms with E-state index in [4.69, 9.17) is 4.98 Å². The van der Waals surface area contributed by atoms with Gasteiger partial charge in [-0.2, -0.15) is 0 Å². The molecule has 1 aromatic heterocycles. The predicted molar refractivity (Wildman–Crippen MR) is 129 cm³/mol. The molecule has 1 aliphatic carbocycles. The van der Waals surface area contributed by atoms with Gasteiger partial charge in [0.1, 0.15) is 0 Å². The average molecular weight is 437 g/mol. The molecule has 2 aliphatic rings. The summed E-state index contributed by atoms with van der Waals surface area (Å²) in [6.45, 7) is 10.9. The van der Waals surface area contributed by atoms with Crippen LogP contribution in [0.5, 0.6) is 0 Å². The summed E-state index contributed by atoms with van der Waals surface area (Å²) in [4.78, 5) is 29.1. The zero-order valence-electron chi connectivity index (χ0n) is 19.7. The van der Waals surface area contributed by atoms with Crippen LogP contribution in [0.4, 0.5) is 11.6 Å². The monoisotopic (exact) mass is 436 g/mol. The van der Waals surface area contributed by atoms with Crippen LogP contribution in [0, 0.1) is 5.92 Å². The van der Waals surface area contributed by atoms with E-state index in [0.29, 0.717) is 6.54 Å². The summed E-state index contributed by atoms with van der Waals surface area (Å²) in [6, 6.07) is 8.61. The second kappa shape index (κ2) is 10.3. The number of hydrogen-bond donors (Lipinski definition) is 1. The molecule has 0 unspecified atom stereocenters. The molecule has 1 amide bonds. The summed E-state index contributed by atoms with van der Waals surface area (Å²) in [7, 11) is 2.17. The van der Waals surface area contributed by atoms with Crippen LogP contribution in [0.15, 0.2) is 30.5 Å². The van der Waals surface area contributed by atoms with E-state index in [9.17, 15) is 4.79 Å². The zero-order chi connectivity index (χ0) is 22.5. The molecule has 32 heavy (non-hydrogen) atoms. The maximum atomic E-state index is 12.8. The summed E-state index contributed by atoms with van der Waals surface area (Å²) in [5, 5.41) is 3.14. The van der Waals surface area contributed by atoms with Crippen molar-refractivity contribution in [3.8, 4) is 0 Å². The minimum absolute atomic E-state index is 0.00461. The Morgan fingerprint density at radius 3 is 2.53 bits per heavy atom. The summed E-state index contributed by atoms with van der Waals surface area (Å²) < 4.78 is 0. The Morgan fingerprint density at radius 2 is 1.84 bits per heavy atom. The molecule has 1 saturated heterocycles. The lowest BCUT2D eigenvalue weighted by Crippen LogP contribution is -2.44. The van der Waals surface area contributed by atoms with Gasteiger partial charge in [0.05, 0.1) is 0 Å². The number of piperazine rings is 1. The molecule has 0 radical (unpaired) electrons. The second-order valence-corrected chi connectivity index (χ2v) is 8.93. The Hall–Kier alpha value is -2.67. The van der Waals surface area contributed by atoms with Crippen molar-refractivity contribution in [1.29, 1.82) is 0 Å². The lowest BCUT2D eigenvalue weighted by molar-refractivity contribution is -0.125. The Kier molecular flexibility index (Phi) is 7.25. The number of fused-ring (bicyclic) bond motifs is 1. The fraction of sp³-hybridized carbons (Fsp3) is 0.560. The van der Waals surface area contributed by atoms with Crippen molar-refractivity contribution in [3.05, 3.63) is 47.3 Å². The van der Waals surface area contributed by atoms with Crippen LogP contribution in [0.2, 0.25) is 0 Å². The van der Waals surface area contributed by atoms with Gasteiger partial charge in [0, 0.05) is 69.3 Å². The van der Waals surface area contributed by atoms with Crippen LogP contribution >= 0.6 is 0 Å². The average Bonchev–Trinajstić information content (AvgIpc) is 2.84. The number of anilines is 2. The van der Waals surface area contributed by atoms with Crippen LogP contribution in [-0.2, 0) is 24.2 Å². The fourth-order valence-corrected chi connectivity index (χ4v) is 4.60. The third-order valence-electron chi connectivity index (χ3n) is 6.83. The first-order chi connectivity index (χ1) is 15.6. The largest absolute Gasteiger partial charge is 0.369 e. The molecule has 172 valence electrons. The highest BCUT2D eigenvalue weighted by Crippen LogP contribution is 2.25. The molecule has 1 atom stereocenters. The predicted octanol–water partition coefficient (Wildman–Crippen LogP) is 2.50. The van der Waals surface area contributed by atoms with E-state index in [-0.39, 0.29) is 11.8 Å². The molecule has 7 nitrogen and oxygen atoms in total. The number of nitrogens with one attached hydrogen (secondary N) is 1. The highest BCUT2D eigenvalue weighted by atomic mass is 16.1. The molecule has 4 rings (SSSR count). The quantitative estimate of drug-likeness (QED) is 0.720. The van der Waals surface area contributed by atoms with Gasteiger partial charge in [-0.25, -0.2) is 9.97 Å². The Bertz CT molecular complexity index is 903. The van der Waals surface area contributed by atoms with Gasteiger partial charge in [0.2, 0.25) is 11.9 Å². The van der Waals surface area contributed by atoms with E-state index < -0.39 is 0 Å². The molecule has 0 bridgehead atoms. The van der Waals surface area contributed by atoms with E-state index in [0.717, 1.165) is 81.3 Å².